The molecule has 1 aromatic carbocycles. The van der Waals surface area contributed by atoms with Crippen LogP contribution >= 0.6 is 11.6 Å². The van der Waals surface area contributed by atoms with Gasteiger partial charge < -0.3 is 20.1 Å². The lowest BCUT2D eigenvalue weighted by Gasteiger charge is -2.15. The Morgan fingerprint density at radius 1 is 1.20 bits per heavy atom. The Morgan fingerprint density at radius 2 is 1.88 bits per heavy atom. The van der Waals surface area contributed by atoms with Crippen LogP contribution in [0.5, 0.6) is 11.5 Å². The van der Waals surface area contributed by atoms with E-state index in [4.69, 9.17) is 21.1 Å². The maximum atomic E-state index is 12.2. The fourth-order valence-corrected chi connectivity index (χ4v) is 2.29. The third kappa shape index (κ3) is 7.22. The van der Waals surface area contributed by atoms with Gasteiger partial charge in [-0.3, -0.25) is 9.59 Å². The lowest BCUT2D eigenvalue weighted by Crippen LogP contribution is -2.39. The minimum absolute atomic E-state index is 0.0150. The number of hydrogen-bond donors (Lipinski definition) is 2. The largest absolute Gasteiger partial charge is 0.493 e. The maximum Gasteiger partial charge on any atom is 0.251 e. The first-order chi connectivity index (χ1) is 11.7. The molecule has 0 unspecified atom stereocenters. The lowest BCUT2D eigenvalue weighted by atomic mass is 10.1. The molecule has 25 heavy (non-hydrogen) atoms. The average Bonchev–Trinajstić information content (AvgIpc) is 2.52. The summed E-state index contributed by atoms with van der Waals surface area (Å²) in [6, 6.07) is 3.07. The average molecular weight is 371 g/mol. The highest BCUT2D eigenvalue weighted by Crippen LogP contribution is 2.36. The highest BCUT2D eigenvalue weighted by Gasteiger charge is 2.17. The molecule has 0 radical (unpaired) electrons. The first kappa shape index (κ1) is 21.1. The van der Waals surface area contributed by atoms with E-state index in [1.807, 2.05) is 13.8 Å². The highest BCUT2D eigenvalue weighted by atomic mass is 35.5. The maximum absolute atomic E-state index is 12.2. The SMILES string of the molecule is COc1cc(C(=O)NCC(=O)NC(C)C)cc(Cl)c1OCCC(C)C. The number of carbonyl (C=O) groups is 2. The number of halogens is 1. The summed E-state index contributed by atoms with van der Waals surface area (Å²) < 4.78 is 11.0. The van der Waals surface area contributed by atoms with Gasteiger partial charge in [0, 0.05) is 11.6 Å². The van der Waals surface area contributed by atoms with Gasteiger partial charge in [0.15, 0.2) is 11.5 Å². The second kappa shape index (κ2) is 10.1. The molecule has 0 atom stereocenters. The number of hydrogen-bond acceptors (Lipinski definition) is 4. The van der Waals surface area contributed by atoms with E-state index in [-0.39, 0.29) is 18.5 Å². The zero-order chi connectivity index (χ0) is 19.0. The molecule has 0 aliphatic heterocycles. The van der Waals surface area contributed by atoms with Gasteiger partial charge in [-0.05, 0) is 38.3 Å². The fraction of sp³-hybridized carbons (Fsp3) is 0.556. The van der Waals surface area contributed by atoms with Crippen LogP contribution in [0, 0.1) is 5.92 Å². The Kier molecular flexibility index (Phi) is 8.55. The number of ether oxygens (including phenoxy) is 2. The van der Waals surface area contributed by atoms with E-state index < -0.39 is 5.91 Å². The van der Waals surface area contributed by atoms with Gasteiger partial charge in [0.1, 0.15) is 0 Å². The predicted octanol–water partition coefficient (Wildman–Crippen LogP) is 3.03. The summed E-state index contributed by atoms with van der Waals surface area (Å²) in [6.45, 7) is 8.30. The topological polar surface area (TPSA) is 76.7 Å². The van der Waals surface area contributed by atoms with Crippen LogP contribution < -0.4 is 20.1 Å². The standard InChI is InChI=1S/C18H27ClN2O4/c1-11(2)6-7-25-17-14(19)8-13(9-15(17)24-5)18(23)20-10-16(22)21-12(3)4/h8-9,11-12H,6-7,10H2,1-5H3,(H,20,23)(H,21,22). The second-order valence-corrected chi connectivity index (χ2v) is 6.83. The normalized spacial score (nSPS) is 10.7. The molecule has 140 valence electrons. The van der Waals surface area contributed by atoms with Crippen molar-refractivity contribution in [3.05, 3.63) is 22.7 Å². The van der Waals surface area contributed by atoms with Crippen molar-refractivity contribution in [3.8, 4) is 11.5 Å². The highest BCUT2D eigenvalue weighted by molar-refractivity contribution is 6.32. The smallest absolute Gasteiger partial charge is 0.251 e. The minimum atomic E-state index is -0.409. The monoisotopic (exact) mass is 370 g/mol. The van der Waals surface area contributed by atoms with E-state index in [0.29, 0.717) is 34.6 Å². The Balaban J connectivity index is 2.79. The van der Waals surface area contributed by atoms with Crippen LogP contribution in [-0.4, -0.2) is 38.1 Å². The van der Waals surface area contributed by atoms with Gasteiger partial charge in [0.25, 0.3) is 5.91 Å². The first-order valence-corrected chi connectivity index (χ1v) is 8.70. The Labute approximate surface area is 154 Å². The Bertz CT molecular complexity index is 603. The number of methoxy groups -OCH3 is 1. The molecule has 0 saturated carbocycles. The van der Waals surface area contributed by atoms with E-state index in [0.717, 1.165) is 6.42 Å². The van der Waals surface area contributed by atoms with Gasteiger partial charge in [0.05, 0.1) is 25.3 Å². The molecule has 0 heterocycles. The van der Waals surface area contributed by atoms with Crippen LogP contribution in [0.25, 0.3) is 0 Å². The summed E-state index contributed by atoms with van der Waals surface area (Å²) in [5.74, 6) is 0.640. The summed E-state index contributed by atoms with van der Waals surface area (Å²) in [7, 11) is 1.48. The van der Waals surface area contributed by atoms with E-state index in [1.54, 1.807) is 6.07 Å². The van der Waals surface area contributed by atoms with Crippen LogP contribution in [0.2, 0.25) is 5.02 Å². The molecule has 2 amide bonds. The van der Waals surface area contributed by atoms with Gasteiger partial charge in [-0.1, -0.05) is 25.4 Å². The molecule has 6 nitrogen and oxygen atoms in total. The number of nitrogens with one attached hydrogen (secondary N) is 2. The Morgan fingerprint density at radius 3 is 2.44 bits per heavy atom. The quantitative estimate of drug-likeness (QED) is 0.700. The second-order valence-electron chi connectivity index (χ2n) is 6.43. The molecular weight excluding hydrogens is 344 g/mol. The third-order valence-corrected chi connectivity index (χ3v) is 3.57. The third-order valence-electron chi connectivity index (χ3n) is 3.29. The summed E-state index contributed by atoms with van der Waals surface area (Å²) in [6.07, 6.45) is 0.882. The van der Waals surface area contributed by atoms with Crippen LogP contribution in [0.3, 0.4) is 0 Å². The summed E-state index contributed by atoms with van der Waals surface area (Å²) in [4.78, 5) is 23.8. The lowest BCUT2D eigenvalue weighted by molar-refractivity contribution is -0.120. The first-order valence-electron chi connectivity index (χ1n) is 8.32. The molecule has 7 heteroatoms. The fourth-order valence-electron chi connectivity index (χ4n) is 2.02. The summed E-state index contributed by atoms with van der Waals surface area (Å²) in [5.41, 5.74) is 0.301. The van der Waals surface area contributed by atoms with Crippen molar-refractivity contribution in [1.82, 2.24) is 10.6 Å². The molecule has 0 fully saturated rings. The summed E-state index contributed by atoms with van der Waals surface area (Å²) >= 11 is 6.24. The van der Waals surface area contributed by atoms with Crippen molar-refractivity contribution in [1.29, 1.82) is 0 Å². The molecule has 0 spiro atoms. The van der Waals surface area contributed by atoms with Crippen molar-refractivity contribution in [2.45, 2.75) is 40.2 Å². The van der Waals surface area contributed by atoms with E-state index in [2.05, 4.69) is 24.5 Å². The minimum Gasteiger partial charge on any atom is -0.493 e. The molecule has 1 aromatic rings. The van der Waals surface area contributed by atoms with E-state index in [9.17, 15) is 9.59 Å². The van der Waals surface area contributed by atoms with Gasteiger partial charge >= 0.3 is 0 Å². The molecule has 0 bridgehead atoms. The number of carbonyl (C=O) groups excluding carboxylic acids is 2. The number of rotatable bonds is 9. The van der Waals surface area contributed by atoms with Crippen LogP contribution in [-0.2, 0) is 4.79 Å². The molecule has 1 rings (SSSR count). The Hall–Kier alpha value is -1.95. The van der Waals surface area contributed by atoms with Gasteiger partial charge in [-0.2, -0.15) is 0 Å². The van der Waals surface area contributed by atoms with Crippen molar-refractivity contribution >= 4 is 23.4 Å². The van der Waals surface area contributed by atoms with Crippen molar-refractivity contribution in [2.75, 3.05) is 20.3 Å². The molecule has 2 N–H and O–H groups in total. The van der Waals surface area contributed by atoms with Crippen molar-refractivity contribution < 1.29 is 19.1 Å². The van der Waals surface area contributed by atoms with Gasteiger partial charge in [-0.15, -0.1) is 0 Å². The van der Waals surface area contributed by atoms with E-state index >= 15 is 0 Å². The van der Waals surface area contributed by atoms with Crippen molar-refractivity contribution in [3.63, 3.8) is 0 Å². The molecule has 0 aromatic heterocycles. The number of amides is 2. The molecular formula is C18H27ClN2O4. The van der Waals surface area contributed by atoms with E-state index in [1.165, 1.54) is 13.2 Å². The zero-order valence-electron chi connectivity index (χ0n) is 15.4. The van der Waals surface area contributed by atoms with Gasteiger partial charge in [0.2, 0.25) is 5.91 Å². The molecule has 0 aliphatic rings. The van der Waals surface area contributed by atoms with Crippen LogP contribution in [0.4, 0.5) is 0 Å². The zero-order valence-corrected chi connectivity index (χ0v) is 16.2. The predicted molar refractivity (Wildman–Crippen MR) is 98.6 cm³/mol. The number of benzene rings is 1. The van der Waals surface area contributed by atoms with Crippen molar-refractivity contribution in [2.24, 2.45) is 5.92 Å². The molecule has 0 saturated heterocycles. The van der Waals surface area contributed by atoms with Crippen LogP contribution in [0.1, 0.15) is 44.5 Å². The molecule has 0 aliphatic carbocycles. The van der Waals surface area contributed by atoms with Crippen LogP contribution in [0.15, 0.2) is 12.1 Å². The summed E-state index contributed by atoms with van der Waals surface area (Å²) in [5, 5.41) is 5.55. The van der Waals surface area contributed by atoms with Gasteiger partial charge in [-0.25, -0.2) is 0 Å².